The van der Waals surface area contributed by atoms with Crippen molar-refractivity contribution in [2.24, 2.45) is 0 Å². The Kier molecular flexibility index (Phi) is 5.24. The van der Waals surface area contributed by atoms with Gasteiger partial charge in [-0.05, 0) is 17.7 Å². The van der Waals surface area contributed by atoms with Crippen molar-refractivity contribution in [1.82, 2.24) is 19.9 Å². The second-order valence-electron chi connectivity index (χ2n) is 3.91. The molecule has 0 spiro atoms. The van der Waals surface area contributed by atoms with E-state index in [1.54, 1.807) is 12.3 Å². The van der Waals surface area contributed by atoms with Crippen molar-refractivity contribution in [3.8, 4) is 0 Å². The Balaban J connectivity index is 0.000001000. The minimum absolute atomic E-state index is 0. The normalized spacial score (nSPS) is 9.85. The van der Waals surface area contributed by atoms with E-state index < -0.39 is 0 Å². The summed E-state index contributed by atoms with van der Waals surface area (Å²) in [6.45, 7) is 0. The lowest BCUT2D eigenvalue weighted by Crippen LogP contribution is -2.02. The molecule has 0 bridgehead atoms. The molecule has 8 heteroatoms. The third-order valence-electron chi connectivity index (χ3n) is 2.70. The van der Waals surface area contributed by atoms with Crippen molar-refractivity contribution in [3.63, 3.8) is 0 Å². The molecule has 106 valence electrons. The first kappa shape index (κ1) is 16.1. The fourth-order valence-electron chi connectivity index (χ4n) is 1.81. The first-order chi connectivity index (χ1) is 8.74. The number of nitrogens with two attached hydrogens (primary N) is 1. The lowest BCUT2D eigenvalue weighted by molar-refractivity contribution is 0.605. The van der Waals surface area contributed by atoms with Gasteiger partial charge in [0, 0.05) is 18.8 Å². The Hall–Kier alpha value is -1.92. The van der Waals surface area contributed by atoms with Gasteiger partial charge in [-0.3, -0.25) is 4.98 Å². The molecule has 3 aromatic rings. The molecule has 3 N–H and O–H groups in total. The third-order valence-corrected chi connectivity index (χ3v) is 2.70. The molecule has 20 heavy (non-hydrogen) atoms. The van der Waals surface area contributed by atoms with Crippen LogP contribution in [0.5, 0.6) is 0 Å². The maximum atomic E-state index is 13.5. The van der Waals surface area contributed by atoms with E-state index in [0.29, 0.717) is 22.9 Å². The van der Waals surface area contributed by atoms with Gasteiger partial charge in [0.1, 0.15) is 23.1 Å². The molecule has 0 amide bonds. The smallest absolute Gasteiger partial charge is 0.145 e. The summed E-state index contributed by atoms with van der Waals surface area (Å²) in [5.74, 6) is 0.504. The fourth-order valence-corrected chi connectivity index (χ4v) is 1.81. The van der Waals surface area contributed by atoms with Crippen LogP contribution in [0.3, 0.4) is 0 Å². The minimum atomic E-state index is -0.369. The summed E-state index contributed by atoms with van der Waals surface area (Å²) in [6.07, 6.45) is 4.74. The van der Waals surface area contributed by atoms with E-state index in [-0.39, 0.29) is 37.1 Å². The molecule has 3 aromatic heterocycles. The second kappa shape index (κ2) is 6.49. The highest BCUT2D eigenvalue weighted by molar-refractivity contribution is 5.86. The molecule has 0 atom stereocenters. The van der Waals surface area contributed by atoms with Gasteiger partial charge in [0.2, 0.25) is 0 Å². The minimum Gasteiger partial charge on any atom is -0.383 e. The predicted octanol–water partition coefficient (Wildman–Crippen LogP) is 2.51. The summed E-state index contributed by atoms with van der Waals surface area (Å²) in [4.78, 5) is 15.1. The van der Waals surface area contributed by atoms with E-state index in [1.165, 1.54) is 12.4 Å². The molecule has 0 saturated carbocycles. The molecular weight excluding hydrogens is 304 g/mol. The molecular formula is C12H12Cl2FN5. The molecule has 3 heterocycles. The van der Waals surface area contributed by atoms with Crippen molar-refractivity contribution in [2.75, 3.05) is 5.73 Å². The number of halogens is 3. The van der Waals surface area contributed by atoms with E-state index >= 15 is 0 Å². The lowest BCUT2D eigenvalue weighted by atomic mass is 10.2. The summed E-state index contributed by atoms with van der Waals surface area (Å²) < 4.78 is 13.5. The first-order valence-electron chi connectivity index (χ1n) is 5.42. The topological polar surface area (TPSA) is 80.5 Å². The predicted molar refractivity (Wildman–Crippen MR) is 79.8 cm³/mol. The Labute approximate surface area is 126 Å². The van der Waals surface area contributed by atoms with Crippen LogP contribution in [0, 0.1) is 5.82 Å². The van der Waals surface area contributed by atoms with Gasteiger partial charge in [0.15, 0.2) is 0 Å². The van der Waals surface area contributed by atoms with Crippen molar-refractivity contribution in [2.45, 2.75) is 6.42 Å². The third kappa shape index (κ3) is 2.97. The van der Waals surface area contributed by atoms with Crippen LogP contribution in [0.2, 0.25) is 0 Å². The molecule has 0 aliphatic rings. The monoisotopic (exact) mass is 315 g/mol. The van der Waals surface area contributed by atoms with Crippen LogP contribution in [0.1, 0.15) is 11.4 Å². The van der Waals surface area contributed by atoms with E-state index in [2.05, 4.69) is 19.9 Å². The number of hydrogen-bond donors (Lipinski definition) is 2. The van der Waals surface area contributed by atoms with Crippen LogP contribution < -0.4 is 5.73 Å². The summed E-state index contributed by atoms with van der Waals surface area (Å²) in [5.41, 5.74) is 6.97. The van der Waals surface area contributed by atoms with Gasteiger partial charge in [-0.1, -0.05) is 0 Å². The quantitative estimate of drug-likeness (QED) is 0.761. The average Bonchev–Trinajstić information content (AvgIpc) is 2.81. The lowest BCUT2D eigenvalue weighted by Gasteiger charge is -2.03. The molecule has 0 fully saturated rings. The van der Waals surface area contributed by atoms with Crippen LogP contribution in [-0.2, 0) is 6.42 Å². The summed E-state index contributed by atoms with van der Waals surface area (Å²) >= 11 is 0. The van der Waals surface area contributed by atoms with Gasteiger partial charge < -0.3 is 10.7 Å². The van der Waals surface area contributed by atoms with Crippen molar-refractivity contribution in [3.05, 3.63) is 47.9 Å². The largest absolute Gasteiger partial charge is 0.383 e. The van der Waals surface area contributed by atoms with Gasteiger partial charge in [-0.25, -0.2) is 14.4 Å². The summed E-state index contributed by atoms with van der Waals surface area (Å²) in [7, 11) is 0. The summed E-state index contributed by atoms with van der Waals surface area (Å²) in [6, 6.07) is 3.41. The Morgan fingerprint density at radius 3 is 2.75 bits per heavy atom. The molecule has 3 rings (SSSR count). The maximum absolute atomic E-state index is 13.5. The van der Waals surface area contributed by atoms with Crippen LogP contribution in [-0.4, -0.2) is 19.9 Å². The highest BCUT2D eigenvalue weighted by Crippen LogP contribution is 2.17. The zero-order valence-electron chi connectivity index (χ0n) is 10.2. The highest BCUT2D eigenvalue weighted by atomic mass is 35.5. The number of aromatic amines is 1. The van der Waals surface area contributed by atoms with E-state index in [0.717, 1.165) is 5.39 Å². The highest BCUT2D eigenvalue weighted by Gasteiger charge is 2.09. The summed E-state index contributed by atoms with van der Waals surface area (Å²) in [5, 5.41) is 0.772. The number of pyridine rings is 1. The SMILES string of the molecule is Cl.Cl.Nc1nc(Cc2ccncc2F)nc2[nH]ccc12. The number of fused-ring (bicyclic) bond motifs is 1. The number of hydrogen-bond acceptors (Lipinski definition) is 4. The van der Waals surface area contributed by atoms with Gasteiger partial charge in [0.25, 0.3) is 0 Å². The zero-order chi connectivity index (χ0) is 12.5. The second-order valence-corrected chi connectivity index (χ2v) is 3.91. The number of aromatic nitrogens is 4. The van der Waals surface area contributed by atoms with Crippen LogP contribution in [0.4, 0.5) is 10.2 Å². The van der Waals surface area contributed by atoms with Crippen molar-refractivity contribution >= 4 is 41.7 Å². The zero-order valence-corrected chi connectivity index (χ0v) is 11.8. The van der Waals surface area contributed by atoms with Gasteiger partial charge in [0.05, 0.1) is 11.6 Å². The molecule has 0 unspecified atom stereocenters. The first-order valence-corrected chi connectivity index (χ1v) is 5.42. The van der Waals surface area contributed by atoms with E-state index in [4.69, 9.17) is 5.73 Å². The number of nitrogens with one attached hydrogen (secondary N) is 1. The van der Waals surface area contributed by atoms with Gasteiger partial charge >= 0.3 is 0 Å². The molecule has 0 aromatic carbocycles. The Bertz CT molecular complexity index is 716. The van der Waals surface area contributed by atoms with E-state index in [9.17, 15) is 4.39 Å². The molecule has 0 saturated heterocycles. The van der Waals surface area contributed by atoms with Crippen LogP contribution in [0.15, 0.2) is 30.7 Å². The number of anilines is 1. The van der Waals surface area contributed by atoms with Gasteiger partial charge in [-0.15, -0.1) is 24.8 Å². The van der Waals surface area contributed by atoms with Crippen LogP contribution in [0.25, 0.3) is 11.0 Å². The molecule has 0 radical (unpaired) electrons. The Morgan fingerprint density at radius 2 is 2.00 bits per heavy atom. The van der Waals surface area contributed by atoms with Crippen molar-refractivity contribution in [1.29, 1.82) is 0 Å². The average molecular weight is 316 g/mol. The number of H-pyrrole nitrogens is 1. The Morgan fingerprint density at radius 1 is 1.20 bits per heavy atom. The van der Waals surface area contributed by atoms with Crippen LogP contribution >= 0.6 is 24.8 Å². The number of nitrogens with zero attached hydrogens (tertiary/aromatic N) is 3. The molecule has 0 aliphatic heterocycles. The van der Waals surface area contributed by atoms with Crippen molar-refractivity contribution < 1.29 is 4.39 Å². The molecule has 0 aliphatic carbocycles. The van der Waals surface area contributed by atoms with Gasteiger partial charge in [-0.2, -0.15) is 0 Å². The number of nitrogen functional groups attached to an aromatic ring is 1. The maximum Gasteiger partial charge on any atom is 0.145 e. The standard InChI is InChI=1S/C12H10FN5.2ClH/c13-9-6-15-3-1-7(9)5-10-17-11(14)8-2-4-16-12(8)18-10;;/h1-4,6H,5H2,(H3,14,16,17,18);2*1H. The molecule has 5 nitrogen and oxygen atoms in total. The number of rotatable bonds is 2. The van der Waals surface area contributed by atoms with E-state index in [1.807, 2.05) is 6.07 Å². The fraction of sp³-hybridized carbons (Fsp3) is 0.0833.